The average molecular weight is 529 g/mol. The number of unbranched alkanes of at least 4 members (excludes halogenated alkanes) is 8. The first-order valence-electron chi connectivity index (χ1n) is 14.4. The molecule has 4 aromatic rings. The number of aryl methyl sites for hydroxylation is 3. The van der Waals surface area contributed by atoms with Gasteiger partial charge in [0.05, 0.1) is 0 Å². The lowest BCUT2D eigenvalue weighted by atomic mass is 9.99. The summed E-state index contributed by atoms with van der Waals surface area (Å²) in [7, 11) is 0. The molecule has 4 rings (SSSR count). The molecular weight excluding hydrogens is 489 g/mol. The van der Waals surface area contributed by atoms with Gasteiger partial charge in [-0.15, -0.1) is 0 Å². The van der Waals surface area contributed by atoms with E-state index < -0.39 is 11.6 Å². The van der Waals surface area contributed by atoms with Crippen molar-refractivity contribution in [1.82, 2.24) is 0 Å². The van der Waals surface area contributed by atoms with Gasteiger partial charge in [-0.05, 0) is 89.8 Å². The number of benzene rings is 4. The molecule has 0 N–H and O–H groups in total. The van der Waals surface area contributed by atoms with Crippen LogP contribution in [-0.4, -0.2) is 0 Å². The van der Waals surface area contributed by atoms with E-state index in [1.54, 1.807) is 19.1 Å². The maximum absolute atomic E-state index is 13.8. The van der Waals surface area contributed by atoms with Crippen LogP contribution >= 0.6 is 0 Å². The molecule has 0 atom stereocenters. The molecule has 0 unspecified atom stereocenters. The number of hydrogen-bond acceptors (Lipinski definition) is 0. The monoisotopic (exact) mass is 528 g/mol. The van der Waals surface area contributed by atoms with Crippen LogP contribution < -0.4 is 0 Å². The van der Waals surface area contributed by atoms with Crippen LogP contribution in [0.1, 0.15) is 74.5 Å². The van der Waals surface area contributed by atoms with Crippen molar-refractivity contribution in [2.75, 3.05) is 0 Å². The summed E-state index contributed by atoms with van der Waals surface area (Å²) in [6.07, 6.45) is 13.6. The van der Waals surface area contributed by atoms with Crippen LogP contribution in [0.4, 0.5) is 13.2 Å². The topological polar surface area (TPSA) is 0 Å². The van der Waals surface area contributed by atoms with E-state index in [-0.39, 0.29) is 5.82 Å². The lowest BCUT2D eigenvalue weighted by molar-refractivity contribution is 0.509. The maximum Gasteiger partial charge on any atom is 0.159 e. The van der Waals surface area contributed by atoms with E-state index in [1.807, 2.05) is 24.3 Å². The van der Waals surface area contributed by atoms with Crippen LogP contribution in [0.15, 0.2) is 84.9 Å². The Labute approximate surface area is 231 Å². The van der Waals surface area contributed by atoms with Gasteiger partial charge in [-0.3, -0.25) is 0 Å². The Morgan fingerprint density at radius 2 is 0.769 bits per heavy atom. The van der Waals surface area contributed by atoms with Gasteiger partial charge in [-0.2, -0.15) is 0 Å². The van der Waals surface area contributed by atoms with Gasteiger partial charge in [0.2, 0.25) is 0 Å². The quantitative estimate of drug-likeness (QED) is 0.143. The van der Waals surface area contributed by atoms with Crippen molar-refractivity contribution in [3.05, 3.63) is 119 Å². The molecule has 0 amide bonds. The zero-order chi connectivity index (χ0) is 27.5. The Morgan fingerprint density at radius 3 is 1.21 bits per heavy atom. The third kappa shape index (κ3) is 8.85. The second-order valence-corrected chi connectivity index (χ2v) is 10.7. The molecule has 0 saturated heterocycles. The highest BCUT2D eigenvalue weighted by Crippen LogP contribution is 2.24. The average Bonchev–Trinajstić information content (AvgIpc) is 2.95. The van der Waals surface area contributed by atoms with Crippen molar-refractivity contribution in [1.29, 1.82) is 0 Å². The van der Waals surface area contributed by atoms with Gasteiger partial charge < -0.3 is 0 Å². The van der Waals surface area contributed by atoms with E-state index in [0.29, 0.717) is 11.1 Å². The minimum absolute atomic E-state index is 0.150. The third-order valence-corrected chi connectivity index (χ3v) is 7.60. The number of rotatable bonds is 14. The highest BCUT2D eigenvalue weighted by Gasteiger charge is 2.05. The van der Waals surface area contributed by atoms with Gasteiger partial charge in [0.15, 0.2) is 11.6 Å². The predicted molar refractivity (Wildman–Crippen MR) is 157 cm³/mol. The van der Waals surface area contributed by atoms with Crippen molar-refractivity contribution < 1.29 is 13.2 Å². The Balaban J connectivity index is 1.02. The van der Waals surface area contributed by atoms with Gasteiger partial charge in [0, 0.05) is 0 Å². The molecule has 0 nitrogen and oxygen atoms in total. The van der Waals surface area contributed by atoms with E-state index in [2.05, 4.69) is 36.4 Å². The summed E-state index contributed by atoms with van der Waals surface area (Å²) in [4.78, 5) is 0. The number of halogens is 3. The molecule has 39 heavy (non-hydrogen) atoms. The van der Waals surface area contributed by atoms with E-state index in [9.17, 15) is 13.2 Å². The van der Waals surface area contributed by atoms with Crippen molar-refractivity contribution in [2.24, 2.45) is 0 Å². The van der Waals surface area contributed by atoms with Crippen LogP contribution in [0.5, 0.6) is 0 Å². The SMILES string of the molecule is Cc1ccc(-c2ccc(CCCCCCCCCCCc3ccc(-c4ccc(F)c(F)c4)cc3)cc2)cc1F. The fraction of sp³-hybridized carbons (Fsp3) is 0.333. The summed E-state index contributed by atoms with van der Waals surface area (Å²) < 4.78 is 40.5. The second kappa shape index (κ2) is 14.7. The fourth-order valence-electron chi connectivity index (χ4n) is 5.07. The molecule has 0 aliphatic rings. The van der Waals surface area contributed by atoms with Gasteiger partial charge in [0.25, 0.3) is 0 Å². The molecular formula is C36H39F3. The van der Waals surface area contributed by atoms with Crippen molar-refractivity contribution >= 4 is 0 Å². The van der Waals surface area contributed by atoms with Crippen molar-refractivity contribution in [3.63, 3.8) is 0 Å². The van der Waals surface area contributed by atoms with E-state index >= 15 is 0 Å². The molecule has 0 aliphatic carbocycles. The summed E-state index contributed by atoms with van der Waals surface area (Å²) in [5.41, 5.74) is 6.93. The van der Waals surface area contributed by atoms with Gasteiger partial charge in [-0.1, -0.05) is 112 Å². The van der Waals surface area contributed by atoms with E-state index in [4.69, 9.17) is 0 Å². The summed E-state index contributed by atoms with van der Waals surface area (Å²) >= 11 is 0. The second-order valence-electron chi connectivity index (χ2n) is 10.7. The van der Waals surface area contributed by atoms with Crippen LogP contribution in [0.2, 0.25) is 0 Å². The normalized spacial score (nSPS) is 11.2. The first-order valence-corrected chi connectivity index (χ1v) is 14.4. The third-order valence-electron chi connectivity index (χ3n) is 7.60. The molecule has 0 bridgehead atoms. The summed E-state index contributed by atoms with van der Waals surface area (Å²) in [5.74, 6) is -1.77. The van der Waals surface area contributed by atoms with Crippen LogP contribution in [-0.2, 0) is 12.8 Å². The minimum Gasteiger partial charge on any atom is -0.207 e. The maximum atomic E-state index is 13.8. The molecule has 4 aromatic carbocycles. The summed E-state index contributed by atoms with van der Waals surface area (Å²) in [6, 6.07) is 26.2. The molecule has 0 saturated carbocycles. The Hall–Kier alpha value is -3.33. The Kier molecular flexibility index (Phi) is 10.8. The predicted octanol–water partition coefficient (Wildman–Crippen LogP) is 11.0. The molecule has 0 radical (unpaired) electrons. The molecule has 3 heteroatoms. The van der Waals surface area contributed by atoms with Crippen molar-refractivity contribution in [2.45, 2.75) is 77.6 Å². The largest absolute Gasteiger partial charge is 0.207 e. The highest BCUT2D eigenvalue weighted by atomic mass is 19.2. The molecule has 0 fully saturated rings. The number of hydrogen-bond donors (Lipinski definition) is 0. The molecule has 204 valence electrons. The van der Waals surface area contributed by atoms with Gasteiger partial charge in [0.1, 0.15) is 5.82 Å². The molecule has 0 aromatic heterocycles. The van der Waals surface area contributed by atoms with Crippen molar-refractivity contribution in [3.8, 4) is 22.3 Å². The summed E-state index contributed by atoms with van der Waals surface area (Å²) in [5, 5.41) is 0. The Morgan fingerprint density at radius 1 is 0.385 bits per heavy atom. The molecule has 0 spiro atoms. The fourth-order valence-corrected chi connectivity index (χ4v) is 5.07. The Bertz CT molecular complexity index is 1200. The van der Waals surface area contributed by atoms with Gasteiger partial charge in [-0.25, -0.2) is 13.2 Å². The molecule has 0 aliphatic heterocycles. The van der Waals surface area contributed by atoms with E-state index in [0.717, 1.165) is 29.5 Å². The van der Waals surface area contributed by atoms with Crippen LogP contribution in [0.25, 0.3) is 22.3 Å². The highest BCUT2D eigenvalue weighted by molar-refractivity contribution is 5.64. The zero-order valence-corrected chi connectivity index (χ0v) is 23.0. The van der Waals surface area contributed by atoms with Gasteiger partial charge >= 0.3 is 0 Å². The minimum atomic E-state index is -0.812. The van der Waals surface area contributed by atoms with Crippen LogP contribution in [0, 0.1) is 24.4 Å². The summed E-state index contributed by atoms with van der Waals surface area (Å²) in [6.45, 7) is 1.79. The lowest BCUT2D eigenvalue weighted by Crippen LogP contribution is -1.89. The van der Waals surface area contributed by atoms with E-state index in [1.165, 1.54) is 81.0 Å². The smallest absolute Gasteiger partial charge is 0.159 e. The van der Waals surface area contributed by atoms with Crippen LogP contribution in [0.3, 0.4) is 0 Å². The first kappa shape index (κ1) is 28.7. The first-order chi connectivity index (χ1) is 19.0. The zero-order valence-electron chi connectivity index (χ0n) is 23.0. The molecule has 0 heterocycles. The lowest BCUT2D eigenvalue weighted by Gasteiger charge is -2.07. The standard InChI is InChI=1S/C36H39F3/c1-27-13-18-32(25-35(27)38)30-19-14-28(15-20-30)11-9-7-5-3-2-4-6-8-10-12-29-16-21-31(22-17-29)33-23-24-34(37)36(39)26-33/h13-26H,2-12H2,1H3.